The third-order valence-corrected chi connectivity index (χ3v) is 2.94. The van der Waals surface area contributed by atoms with Crippen LogP contribution in [0.2, 0.25) is 0 Å². The number of hydrogen-bond donors (Lipinski definition) is 2. The van der Waals surface area contributed by atoms with Crippen molar-refractivity contribution < 1.29 is 28.7 Å². The lowest BCUT2D eigenvalue weighted by Crippen LogP contribution is -2.54. The van der Waals surface area contributed by atoms with Crippen LogP contribution in [0.25, 0.3) is 0 Å². The summed E-state index contributed by atoms with van der Waals surface area (Å²) in [6, 6.07) is -1.76. The molecule has 0 fully saturated rings. The molecule has 0 heterocycles. The molecule has 0 saturated carbocycles. The summed E-state index contributed by atoms with van der Waals surface area (Å²) in [5.74, 6) is -2.56. The number of methoxy groups -OCH3 is 2. The Morgan fingerprint density at radius 2 is 1.10 bits per heavy atom. The first-order chi connectivity index (χ1) is 9.57. The Hall–Kier alpha value is -2.12. The van der Waals surface area contributed by atoms with Crippen molar-refractivity contribution in [2.45, 2.75) is 39.8 Å². The molecule has 0 rings (SSSR count). The highest BCUT2D eigenvalue weighted by Gasteiger charge is 2.38. The van der Waals surface area contributed by atoms with Gasteiger partial charge in [0, 0.05) is 0 Å². The van der Waals surface area contributed by atoms with E-state index in [1.807, 2.05) is 0 Å². The van der Waals surface area contributed by atoms with Gasteiger partial charge in [-0.15, -0.1) is 0 Å². The number of ether oxygens (including phenoxy) is 2. The first-order valence-electron chi connectivity index (χ1n) is 6.35. The van der Waals surface area contributed by atoms with E-state index < -0.39 is 41.3 Å². The lowest BCUT2D eigenvalue weighted by atomic mass is 9.90. The van der Waals surface area contributed by atoms with Crippen LogP contribution in [-0.4, -0.2) is 50.1 Å². The predicted octanol–water partition coefficient (Wildman–Crippen LogP) is -0.632. The molecule has 0 aliphatic rings. The van der Waals surface area contributed by atoms with Gasteiger partial charge in [0.25, 0.3) is 0 Å². The number of carbonyl (C=O) groups excluding carboxylic acids is 4. The van der Waals surface area contributed by atoms with E-state index in [0.29, 0.717) is 0 Å². The zero-order valence-electron chi connectivity index (χ0n) is 13.1. The summed E-state index contributed by atoms with van der Waals surface area (Å²) in [5, 5.41) is 4.76. The number of rotatable bonds is 6. The van der Waals surface area contributed by atoms with Crippen molar-refractivity contribution in [3.05, 3.63) is 0 Å². The summed E-state index contributed by atoms with van der Waals surface area (Å²) in [4.78, 5) is 46.6. The average Bonchev–Trinajstić information content (AvgIpc) is 2.44. The van der Waals surface area contributed by atoms with Gasteiger partial charge < -0.3 is 20.1 Å². The first kappa shape index (κ1) is 18.9. The summed E-state index contributed by atoms with van der Waals surface area (Å²) in [6.45, 7) is 5.64. The standard InChI is InChI=1S/C13H22N2O6/c1-7(9(16)20-5)14-11(18)13(3,4)12(19)15-8(2)10(17)21-6/h7-8H,1-6H3,(H,14,18)(H,15,19)/t7-,8-/m1/s1. The molecule has 0 unspecified atom stereocenters. The van der Waals surface area contributed by atoms with Gasteiger partial charge in [0.2, 0.25) is 11.8 Å². The smallest absolute Gasteiger partial charge is 0.328 e. The number of nitrogens with one attached hydrogen (secondary N) is 2. The fourth-order valence-corrected chi connectivity index (χ4v) is 1.33. The fraction of sp³-hybridized carbons (Fsp3) is 0.692. The maximum absolute atomic E-state index is 12.1. The number of esters is 2. The largest absolute Gasteiger partial charge is 0.467 e. The van der Waals surface area contributed by atoms with Gasteiger partial charge in [0.05, 0.1) is 14.2 Å². The van der Waals surface area contributed by atoms with E-state index >= 15 is 0 Å². The van der Waals surface area contributed by atoms with Gasteiger partial charge >= 0.3 is 11.9 Å². The minimum atomic E-state index is -1.47. The number of hydrogen-bond acceptors (Lipinski definition) is 6. The molecular formula is C13H22N2O6. The molecule has 0 aliphatic carbocycles. The second-order valence-corrected chi connectivity index (χ2v) is 5.06. The number of amides is 2. The van der Waals surface area contributed by atoms with E-state index in [0.717, 1.165) is 0 Å². The van der Waals surface area contributed by atoms with Crippen molar-refractivity contribution in [1.29, 1.82) is 0 Å². The Morgan fingerprint density at radius 1 is 0.810 bits per heavy atom. The highest BCUT2D eigenvalue weighted by atomic mass is 16.5. The highest BCUT2D eigenvalue weighted by molar-refractivity contribution is 6.06. The molecule has 0 saturated heterocycles. The Morgan fingerprint density at radius 3 is 1.33 bits per heavy atom. The van der Waals surface area contributed by atoms with Gasteiger partial charge in [0.15, 0.2) is 0 Å². The molecule has 0 bridgehead atoms. The summed E-state index contributed by atoms with van der Waals surface area (Å²) in [5.41, 5.74) is -1.47. The molecule has 8 heteroatoms. The van der Waals surface area contributed by atoms with Gasteiger partial charge in [-0.3, -0.25) is 9.59 Å². The molecular weight excluding hydrogens is 280 g/mol. The molecule has 0 aromatic carbocycles. The maximum Gasteiger partial charge on any atom is 0.328 e. The van der Waals surface area contributed by atoms with E-state index in [-0.39, 0.29) is 0 Å². The van der Waals surface area contributed by atoms with E-state index in [1.54, 1.807) is 0 Å². The zero-order chi connectivity index (χ0) is 16.8. The predicted molar refractivity (Wildman–Crippen MR) is 73.0 cm³/mol. The van der Waals surface area contributed by atoms with Crippen LogP contribution >= 0.6 is 0 Å². The van der Waals surface area contributed by atoms with Crippen molar-refractivity contribution in [2.75, 3.05) is 14.2 Å². The highest BCUT2D eigenvalue weighted by Crippen LogP contribution is 2.16. The second kappa shape index (κ2) is 7.61. The SMILES string of the molecule is COC(=O)[C@@H](C)NC(=O)C(C)(C)C(=O)N[C@H](C)C(=O)OC. The van der Waals surface area contributed by atoms with Gasteiger partial charge in [-0.05, 0) is 27.7 Å². The Bertz CT molecular complexity index is 394. The van der Waals surface area contributed by atoms with Crippen molar-refractivity contribution >= 4 is 23.8 Å². The fourth-order valence-electron chi connectivity index (χ4n) is 1.33. The third-order valence-electron chi connectivity index (χ3n) is 2.94. The molecule has 2 atom stereocenters. The number of carbonyl (C=O) groups is 4. The molecule has 0 aromatic heterocycles. The summed E-state index contributed by atoms with van der Waals surface area (Å²) >= 11 is 0. The van der Waals surface area contributed by atoms with Crippen molar-refractivity contribution in [3.63, 3.8) is 0 Å². The van der Waals surface area contributed by atoms with Crippen LogP contribution in [0.5, 0.6) is 0 Å². The molecule has 2 amide bonds. The quantitative estimate of drug-likeness (QED) is 0.499. The summed E-state index contributed by atoms with van der Waals surface area (Å²) in [7, 11) is 2.39. The second-order valence-electron chi connectivity index (χ2n) is 5.06. The molecule has 8 nitrogen and oxygen atoms in total. The molecule has 0 aromatic rings. The summed E-state index contributed by atoms with van der Waals surface area (Å²) in [6.07, 6.45) is 0. The first-order valence-corrected chi connectivity index (χ1v) is 6.35. The van der Waals surface area contributed by atoms with E-state index in [4.69, 9.17) is 0 Å². The average molecular weight is 302 g/mol. The van der Waals surface area contributed by atoms with Crippen LogP contribution in [0.15, 0.2) is 0 Å². The van der Waals surface area contributed by atoms with Gasteiger partial charge in [-0.1, -0.05) is 0 Å². The van der Waals surface area contributed by atoms with E-state index in [9.17, 15) is 19.2 Å². The zero-order valence-corrected chi connectivity index (χ0v) is 13.1. The molecule has 21 heavy (non-hydrogen) atoms. The Labute approximate surface area is 123 Å². The third kappa shape index (κ3) is 5.05. The van der Waals surface area contributed by atoms with Crippen molar-refractivity contribution in [1.82, 2.24) is 10.6 Å². The minimum Gasteiger partial charge on any atom is -0.467 e. The molecule has 0 aliphatic heterocycles. The van der Waals surface area contributed by atoms with Gasteiger partial charge in [-0.25, -0.2) is 9.59 Å². The van der Waals surface area contributed by atoms with Crippen LogP contribution in [0.4, 0.5) is 0 Å². The van der Waals surface area contributed by atoms with Crippen LogP contribution in [-0.2, 0) is 28.7 Å². The monoisotopic (exact) mass is 302 g/mol. The lowest BCUT2D eigenvalue weighted by Gasteiger charge is -2.25. The van der Waals surface area contributed by atoms with Crippen LogP contribution in [0, 0.1) is 5.41 Å². The maximum atomic E-state index is 12.1. The minimum absolute atomic E-state index is 0.623. The Balaban J connectivity index is 4.79. The Kier molecular flexibility index (Phi) is 6.84. The van der Waals surface area contributed by atoms with Crippen LogP contribution in [0.1, 0.15) is 27.7 Å². The lowest BCUT2D eigenvalue weighted by molar-refractivity contribution is -0.150. The normalized spacial score (nSPS) is 13.6. The molecule has 120 valence electrons. The topological polar surface area (TPSA) is 111 Å². The summed E-state index contributed by atoms with van der Waals surface area (Å²) < 4.78 is 8.96. The molecule has 0 radical (unpaired) electrons. The van der Waals surface area contributed by atoms with Crippen molar-refractivity contribution in [3.8, 4) is 0 Å². The van der Waals surface area contributed by atoms with Crippen LogP contribution < -0.4 is 10.6 Å². The van der Waals surface area contributed by atoms with Crippen molar-refractivity contribution in [2.24, 2.45) is 5.41 Å². The van der Waals surface area contributed by atoms with E-state index in [1.165, 1.54) is 41.9 Å². The van der Waals surface area contributed by atoms with Gasteiger partial charge in [-0.2, -0.15) is 0 Å². The van der Waals surface area contributed by atoms with Gasteiger partial charge in [0.1, 0.15) is 17.5 Å². The van der Waals surface area contributed by atoms with E-state index in [2.05, 4.69) is 20.1 Å². The molecule has 2 N–H and O–H groups in total. The van der Waals surface area contributed by atoms with Crippen LogP contribution in [0.3, 0.4) is 0 Å². The molecule has 0 spiro atoms.